The van der Waals surface area contributed by atoms with Crippen molar-refractivity contribution in [2.75, 3.05) is 0 Å². The van der Waals surface area contributed by atoms with Gasteiger partial charge in [0.2, 0.25) is 0 Å². The van der Waals surface area contributed by atoms with Gasteiger partial charge in [0, 0.05) is 17.6 Å². The van der Waals surface area contributed by atoms with E-state index in [0.29, 0.717) is 0 Å². The van der Waals surface area contributed by atoms with E-state index in [-0.39, 0.29) is 17.0 Å². The fraction of sp³-hybridized carbons (Fsp3) is 0. The van der Waals surface area contributed by atoms with Crippen LogP contribution in [0.25, 0.3) is 0 Å². The van der Waals surface area contributed by atoms with Crippen LogP contribution in [0.2, 0.25) is 0 Å². The summed E-state index contributed by atoms with van der Waals surface area (Å²) < 4.78 is 44.2. The number of hydrogen-bond acceptors (Lipinski definition) is 3. The summed E-state index contributed by atoms with van der Waals surface area (Å²) >= 11 is 0. The Labute approximate surface area is 107 Å². The van der Waals surface area contributed by atoms with Crippen LogP contribution in [-0.2, 0) is 0 Å². The highest BCUT2D eigenvalue weighted by Crippen LogP contribution is 2.23. The second-order valence-corrected chi connectivity index (χ2v) is 3.73. The van der Waals surface area contributed by atoms with Gasteiger partial charge in [-0.15, -0.1) is 0 Å². The normalized spacial score (nSPS) is 10.4. The second-order valence-electron chi connectivity index (χ2n) is 3.73. The lowest BCUT2D eigenvalue weighted by Crippen LogP contribution is -2.32. The van der Waals surface area contributed by atoms with Gasteiger partial charge in [0.15, 0.2) is 11.6 Å². The van der Waals surface area contributed by atoms with Gasteiger partial charge in [-0.1, -0.05) is 6.07 Å². The first-order chi connectivity index (χ1) is 8.97. The molecule has 2 aromatic carbocycles. The van der Waals surface area contributed by atoms with Crippen molar-refractivity contribution >= 4 is 12.6 Å². The zero-order valence-corrected chi connectivity index (χ0v) is 9.48. The Morgan fingerprint density at radius 2 is 1.37 bits per heavy atom. The Hall–Kier alpha value is -1.99. The Kier molecular flexibility index (Phi) is 3.78. The Bertz CT molecular complexity index is 605. The predicted molar refractivity (Wildman–Crippen MR) is 62.7 cm³/mol. The van der Waals surface area contributed by atoms with Crippen molar-refractivity contribution in [2.24, 2.45) is 0 Å². The number of benzene rings is 2. The average molecular weight is 268 g/mol. The zero-order valence-electron chi connectivity index (χ0n) is 9.48. The molecular weight excluding hydrogens is 260 g/mol. The van der Waals surface area contributed by atoms with Crippen molar-refractivity contribution in [2.45, 2.75) is 0 Å². The monoisotopic (exact) mass is 268 g/mol. The summed E-state index contributed by atoms with van der Waals surface area (Å²) in [4.78, 5) is 0. The quantitative estimate of drug-likeness (QED) is 0.831. The van der Waals surface area contributed by atoms with Crippen molar-refractivity contribution in [1.29, 1.82) is 0 Å². The van der Waals surface area contributed by atoms with Gasteiger partial charge < -0.3 is 14.8 Å². The van der Waals surface area contributed by atoms with E-state index in [1.54, 1.807) is 0 Å². The van der Waals surface area contributed by atoms with E-state index in [9.17, 15) is 13.2 Å². The minimum Gasteiger partial charge on any atom is -0.457 e. The molecule has 0 bridgehead atoms. The largest absolute Gasteiger partial charge is 0.491 e. The number of halogens is 3. The lowest BCUT2D eigenvalue weighted by Gasteiger charge is -2.08. The van der Waals surface area contributed by atoms with Crippen LogP contribution in [-0.4, -0.2) is 17.2 Å². The van der Waals surface area contributed by atoms with Crippen molar-refractivity contribution < 1.29 is 28.0 Å². The van der Waals surface area contributed by atoms with Crippen molar-refractivity contribution in [3.05, 3.63) is 53.8 Å². The van der Waals surface area contributed by atoms with Gasteiger partial charge in [-0.2, -0.15) is 0 Å². The highest BCUT2D eigenvalue weighted by molar-refractivity contribution is 6.58. The second kappa shape index (κ2) is 5.33. The Morgan fingerprint density at radius 3 is 1.89 bits per heavy atom. The lowest BCUT2D eigenvalue weighted by molar-refractivity contribution is 0.422. The van der Waals surface area contributed by atoms with Gasteiger partial charge in [-0.25, -0.2) is 13.2 Å². The molecule has 0 saturated heterocycles. The van der Waals surface area contributed by atoms with Crippen LogP contribution in [0.3, 0.4) is 0 Å². The number of rotatable bonds is 3. The zero-order chi connectivity index (χ0) is 14.0. The molecule has 2 N–H and O–H groups in total. The Morgan fingerprint density at radius 1 is 0.789 bits per heavy atom. The lowest BCUT2D eigenvalue weighted by atomic mass is 9.80. The minimum absolute atomic E-state index is 0.00408. The SMILES string of the molecule is OB(O)c1ccc(Oc2ccc(F)c(F)c2)cc1F. The van der Waals surface area contributed by atoms with E-state index in [1.807, 2.05) is 0 Å². The first kappa shape index (κ1) is 13.4. The molecule has 3 nitrogen and oxygen atoms in total. The molecule has 0 aliphatic heterocycles. The smallest absolute Gasteiger partial charge is 0.457 e. The summed E-state index contributed by atoms with van der Waals surface area (Å²) in [5.41, 5.74) is -0.308. The van der Waals surface area contributed by atoms with Gasteiger partial charge >= 0.3 is 7.12 Å². The maximum atomic E-state index is 13.4. The van der Waals surface area contributed by atoms with Gasteiger partial charge in [-0.3, -0.25) is 0 Å². The van der Waals surface area contributed by atoms with Crippen LogP contribution >= 0.6 is 0 Å². The van der Waals surface area contributed by atoms with Gasteiger partial charge in [-0.05, 0) is 18.2 Å². The molecule has 2 rings (SSSR count). The molecule has 0 aromatic heterocycles. The maximum absolute atomic E-state index is 13.4. The topological polar surface area (TPSA) is 49.7 Å². The molecular formula is C12H8BF3O3. The molecule has 98 valence electrons. The molecule has 7 heteroatoms. The standard InChI is InChI=1S/C12H8BF3O3/c14-10-4-2-8(6-12(10)16)19-7-1-3-9(13(17)18)11(15)5-7/h1-6,17-18H. The molecule has 0 fully saturated rings. The molecule has 0 radical (unpaired) electrons. The van der Waals surface area contributed by atoms with Crippen LogP contribution in [0.5, 0.6) is 11.5 Å². The molecule has 0 atom stereocenters. The van der Waals surface area contributed by atoms with Crippen LogP contribution in [0, 0.1) is 17.5 Å². The van der Waals surface area contributed by atoms with Gasteiger partial charge in [0.05, 0.1) is 0 Å². The molecule has 19 heavy (non-hydrogen) atoms. The highest BCUT2D eigenvalue weighted by atomic mass is 19.2. The van der Waals surface area contributed by atoms with Crippen molar-refractivity contribution in [3.8, 4) is 11.5 Å². The summed E-state index contributed by atoms with van der Waals surface area (Å²) in [5, 5.41) is 17.7. The third-order valence-electron chi connectivity index (χ3n) is 2.38. The first-order valence-corrected chi connectivity index (χ1v) is 5.26. The van der Waals surface area contributed by atoms with Crippen LogP contribution in [0.1, 0.15) is 0 Å². The minimum atomic E-state index is -1.93. The third-order valence-corrected chi connectivity index (χ3v) is 2.38. The van der Waals surface area contributed by atoms with Crippen LogP contribution in [0.4, 0.5) is 13.2 Å². The average Bonchev–Trinajstić information content (AvgIpc) is 2.33. The van der Waals surface area contributed by atoms with E-state index >= 15 is 0 Å². The molecule has 0 aliphatic rings. The van der Waals surface area contributed by atoms with E-state index < -0.39 is 24.6 Å². The summed E-state index contributed by atoms with van der Waals surface area (Å²) in [7, 11) is -1.93. The highest BCUT2D eigenvalue weighted by Gasteiger charge is 2.17. The van der Waals surface area contributed by atoms with E-state index in [4.69, 9.17) is 14.8 Å². The van der Waals surface area contributed by atoms with Gasteiger partial charge in [0.1, 0.15) is 17.3 Å². The van der Waals surface area contributed by atoms with Crippen LogP contribution < -0.4 is 10.2 Å². The van der Waals surface area contributed by atoms with E-state index in [1.165, 1.54) is 12.1 Å². The molecule has 0 saturated carbocycles. The summed E-state index contributed by atoms with van der Waals surface area (Å²) in [6.45, 7) is 0. The molecule has 2 aromatic rings. The molecule has 0 heterocycles. The molecule has 0 spiro atoms. The molecule has 0 amide bonds. The van der Waals surface area contributed by atoms with Gasteiger partial charge in [0.25, 0.3) is 0 Å². The fourth-order valence-corrected chi connectivity index (χ4v) is 1.46. The number of ether oxygens (including phenoxy) is 1. The molecule has 0 aliphatic carbocycles. The maximum Gasteiger partial charge on any atom is 0.491 e. The van der Waals surface area contributed by atoms with Crippen molar-refractivity contribution in [3.63, 3.8) is 0 Å². The number of hydrogen-bond donors (Lipinski definition) is 2. The summed E-state index contributed by atoms with van der Waals surface area (Å²) in [6.07, 6.45) is 0. The fourth-order valence-electron chi connectivity index (χ4n) is 1.46. The molecule has 0 unspecified atom stereocenters. The van der Waals surface area contributed by atoms with Crippen molar-refractivity contribution in [1.82, 2.24) is 0 Å². The third kappa shape index (κ3) is 3.07. The predicted octanol–water partition coefficient (Wildman–Crippen LogP) is 1.58. The van der Waals surface area contributed by atoms with E-state index in [0.717, 1.165) is 24.3 Å². The Balaban J connectivity index is 2.24. The van der Waals surface area contributed by atoms with E-state index in [2.05, 4.69) is 0 Å². The summed E-state index contributed by atoms with van der Waals surface area (Å²) in [5.74, 6) is -2.96. The van der Waals surface area contributed by atoms with Crippen LogP contribution in [0.15, 0.2) is 36.4 Å². The first-order valence-electron chi connectivity index (χ1n) is 5.26. The summed E-state index contributed by atoms with van der Waals surface area (Å²) in [6, 6.07) is 6.20.